The molecule has 1 atom stereocenters. The molecule has 2 aliphatic rings. The maximum absolute atomic E-state index is 12.6. The van der Waals surface area contributed by atoms with Crippen molar-refractivity contribution in [3.05, 3.63) is 12.5 Å². The first-order chi connectivity index (χ1) is 10.1. The Kier molecular flexibility index (Phi) is 5.84. The Morgan fingerprint density at radius 1 is 1.32 bits per heavy atom. The van der Waals surface area contributed by atoms with Gasteiger partial charge < -0.3 is 9.88 Å². The van der Waals surface area contributed by atoms with Crippen LogP contribution in [0.2, 0.25) is 0 Å². The summed E-state index contributed by atoms with van der Waals surface area (Å²) in [5.74, 6) is 0. The Hall–Kier alpha value is -0.670. The summed E-state index contributed by atoms with van der Waals surface area (Å²) in [5.41, 5.74) is 0. The number of aromatic nitrogens is 2. The van der Waals surface area contributed by atoms with Crippen LogP contribution in [-0.2, 0) is 16.6 Å². The topological polar surface area (TPSA) is 70.5 Å². The number of aryl methyl sites for hydroxylation is 1. The number of hydrogen-bond acceptors (Lipinski definition) is 5. The summed E-state index contributed by atoms with van der Waals surface area (Å²) in [6.45, 7) is 7.50. The first-order valence-corrected chi connectivity index (χ1v) is 9.02. The summed E-state index contributed by atoms with van der Waals surface area (Å²) in [4.78, 5) is 6.44. The summed E-state index contributed by atoms with van der Waals surface area (Å²) in [7, 11) is -3.44. The van der Waals surface area contributed by atoms with Crippen LogP contribution in [0.3, 0.4) is 0 Å². The third-order valence-electron chi connectivity index (χ3n) is 4.40. The maximum Gasteiger partial charge on any atom is 0.262 e. The zero-order valence-electron chi connectivity index (χ0n) is 12.8. The van der Waals surface area contributed by atoms with E-state index in [0.29, 0.717) is 19.1 Å². The second-order valence-corrected chi connectivity index (χ2v) is 7.51. The van der Waals surface area contributed by atoms with E-state index in [4.69, 9.17) is 0 Å². The Morgan fingerprint density at radius 3 is 2.59 bits per heavy atom. The highest BCUT2D eigenvalue weighted by molar-refractivity contribution is 7.89. The van der Waals surface area contributed by atoms with Crippen LogP contribution in [0.4, 0.5) is 0 Å². The van der Waals surface area contributed by atoms with Crippen LogP contribution in [0.25, 0.3) is 0 Å². The van der Waals surface area contributed by atoms with Crippen molar-refractivity contribution in [3.8, 4) is 0 Å². The molecule has 0 bridgehead atoms. The Morgan fingerprint density at radius 2 is 2.05 bits per heavy atom. The van der Waals surface area contributed by atoms with Crippen molar-refractivity contribution in [3.63, 3.8) is 0 Å². The van der Waals surface area contributed by atoms with Crippen LogP contribution in [0.5, 0.6) is 0 Å². The van der Waals surface area contributed by atoms with Gasteiger partial charge in [0.2, 0.25) is 0 Å². The number of nitrogens with one attached hydrogen (secondary N) is 1. The number of sulfonamides is 1. The van der Waals surface area contributed by atoms with Crippen LogP contribution < -0.4 is 5.32 Å². The van der Waals surface area contributed by atoms with Gasteiger partial charge in [-0.25, -0.2) is 13.4 Å². The van der Waals surface area contributed by atoms with Crippen molar-refractivity contribution in [2.75, 3.05) is 39.3 Å². The van der Waals surface area contributed by atoms with Gasteiger partial charge in [0.15, 0.2) is 5.03 Å². The smallest absolute Gasteiger partial charge is 0.262 e. The molecular weight excluding hydrogens is 326 g/mol. The lowest BCUT2D eigenvalue weighted by atomic mass is 10.2. The summed E-state index contributed by atoms with van der Waals surface area (Å²) >= 11 is 0. The van der Waals surface area contributed by atoms with Gasteiger partial charge >= 0.3 is 0 Å². The molecule has 2 aliphatic heterocycles. The highest BCUT2D eigenvalue weighted by atomic mass is 35.5. The molecule has 0 aliphatic carbocycles. The predicted molar refractivity (Wildman–Crippen MR) is 86.8 cm³/mol. The van der Waals surface area contributed by atoms with Gasteiger partial charge in [0.05, 0.1) is 6.33 Å². The van der Waals surface area contributed by atoms with E-state index in [1.165, 1.54) is 0 Å². The van der Waals surface area contributed by atoms with E-state index in [2.05, 4.69) is 15.2 Å². The van der Waals surface area contributed by atoms with Gasteiger partial charge in [0.1, 0.15) is 0 Å². The minimum absolute atomic E-state index is 0. The van der Waals surface area contributed by atoms with Crippen molar-refractivity contribution in [2.24, 2.45) is 0 Å². The van der Waals surface area contributed by atoms with E-state index < -0.39 is 10.0 Å². The number of piperazine rings is 1. The number of halogens is 1. The molecule has 3 heterocycles. The van der Waals surface area contributed by atoms with Gasteiger partial charge in [0.25, 0.3) is 10.0 Å². The Balaban J connectivity index is 0.00000176. The van der Waals surface area contributed by atoms with Gasteiger partial charge in [0, 0.05) is 51.5 Å². The Labute approximate surface area is 138 Å². The molecule has 126 valence electrons. The quantitative estimate of drug-likeness (QED) is 0.828. The molecular formula is C13H24ClN5O2S. The molecule has 1 N–H and O–H groups in total. The van der Waals surface area contributed by atoms with Crippen LogP contribution in [0.15, 0.2) is 17.6 Å². The zero-order valence-corrected chi connectivity index (χ0v) is 14.4. The van der Waals surface area contributed by atoms with Crippen LogP contribution in [0.1, 0.15) is 13.3 Å². The second kappa shape index (κ2) is 7.27. The standard InChI is InChI=1S/C13H23N5O2S.ClH/c1-2-16-10-13(15-11-16)21(19,20)18-7-5-17(6-8-18)12-3-4-14-9-12;/h10-12,14H,2-9H2,1H3;1H. The van der Waals surface area contributed by atoms with Crippen LogP contribution in [-0.4, -0.2) is 72.5 Å². The lowest BCUT2D eigenvalue weighted by Crippen LogP contribution is -2.52. The van der Waals surface area contributed by atoms with E-state index in [1.54, 1.807) is 21.4 Å². The lowest BCUT2D eigenvalue weighted by Gasteiger charge is -2.36. The van der Waals surface area contributed by atoms with Crippen LogP contribution in [0, 0.1) is 0 Å². The van der Waals surface area contributed by atoms with Crippen molar-refractivity contribution in [1.82, 2.24) is 24.1 Å². The predicted octanol–water partition coefficient (Wildman–Crippen LogP) is -0.00700. The summed E-state index contributed by atoms with van der Waals surface area (Å²) in [6.07, 6.45) is 4.35. The molecule has 22 heavy (non-hydrogen) atoms. The monoisotopic (exact) mass is 349 g/mol. The molecule has 0 amide bonds. The minimum atomic E-state index is -3.44. The molecule has 9 heteroatoms. The fourth-order valence-electron chi connectivity index (χ4n) is 3.04. The van der Waals surface area contributed by atoms with Crippen molar-refractivity contribution in [1.29, 1.82) is 0 Å². The van der Waals surface area contributed by atoms with E-state index in [1.807, 2.05) is 6.92 Å². The average molecular weight is 350 g/mol. The first kappa shape index (κ1) is 17.7. The molecule has 1 aromatic heterocycles. The zero-order chi connectivity index (χ0) is 14.9. The van der Waals surface area contributed by atoms with Gasteiger partial charge in [-0.3, -0.25) is 4.90 Å². The number of imidazole rings is 1. The number of nitrogens with zero attached hydrogens (tertiary/aromatic N) is 4. The normalized spacial score (nSPS) is 24.3. The Bertz CT molecular complexity index is 577. The van der Waals surface area contributed by atoms with Crippen molar-refractivity contribution in [2.45, 2.75) is 31.0 Å². The molecule has 7 nitrogen and oxygen atoms in total. The highest BCUT2D eigenvalue weighted by Crippen LogP contribution is 2.18. The third kappa shape index (κ3) is 3.46. The summed E-state index contributed by atoms with van der Waals surface area (Å²) in [6, 6.07) is 0.564. The van der Waals surface area contributed by atoms with Crippen molar-refractivity contribution >= 4 is 22.4 Å². The number of hydrogen-bond donors (Lipinski definition) is 1. The lowest BCUT2D eigenvalue weighted by molar-refractivity contribution is 0.145. The van der Waals surface area contributed by atoms with E-state index in [-0.39, 0.29) is 17.4 Å². The largest absolute Gasteiger partial charge is 0.336 e. The summed E-state index contributed by atoms with van der Waals surface area (Å²) in [5, 5.41) is 3.53. The molecule has 0 radical (unpaired) electrons. The fraction of sp³-hybridized carbons (Fsp3) is 0.769. The fourth-order valence-corrected chi connectivity index (χ4v) is 4.40. The molecule has 0 aromatic carbocycles. The molecule has 1 aromatic rings. The van der Waals surface area contributed by atoms with Crippen molar-refractivity contribution < 1.29 is 8.42 Å². The van der Waals surface area contributed by atoms with E-state index in [0.717, 1.165) is 39.1 Å². The van der Waals surface area contributed by atoms with Gasteiger partial charge in [-0.15, -0.1) is 12.4 Å². The van der Waals surface area contributed by atoms with Gasteiger partial charge in [-0.1, -0.05) is 0 Å². The highest BCUT2D eigenvalue weighted by Gasteiger charge is 2.32. The molecule has 0 saturated carbocycles. The molecule has 1 unspecified atom stereocenters. The summed E-state index contributed by atoms with van der Waals surface area (Å²) < 4.78 is 28.5. The molecule has 2 saturated heterocycles. The van der Waals surface area contributed by atoms with E-state index >= 15 is 0 Å². The maximum atomic E-state index is 12.6. The van der Waals surface area contributed by atoms with Gasteiger partial charge in [-0.2, -0.15) is 4.31 Å². The SMILES string of the molecule is CCn1cnc(S(=O)(=O)N2CCN(C3CCNC3)CC2)c1.Cl. The van der Waals surface area contributed by atoms with Gasteiger partial charge in [-0.05, 0) is 19.9 Å². The van der Waals surface area contributed by atoms with Crippen LogP contribution >= 0.6 is 12.4 Å². The first-order valence-electron chi connectivity index (χ1n) is 7.58. The molecule has 2 fully saturated rings. The van der Waals surface area contributed by atoms with E-state index in [9.17, 15) is 8.42 Å². The second-order valence-electron chi connectivity index (χ2n) is 5.63. The molecule has 0 spiro atoms. The third-order valence-corrected chi connectivity index (χ3v) is 6.19. The molecule has 3 rings (SSSR count). The minimum Gasteiger partial charge on any atom is -0.336 e. The average Bonchev–Trinajstić information content (AvgIpc) is 3.19. The number of rotatable bonds is 4.